The van der Waals surface area contributed by atoms with Crippen LogP contribution in [0, 0.1) is 17.8 Å². The summed E-state index contributed by atoms with van der Waals surface area (Å²) in [5, 5.41) is 9.79. The van der Waals surface area contributed by atoms with E-state index >= 15 is 0 Å². The SMILES string of the molecule is CCCC#Cc1ccc2c(c1)O[C@@H](CN(C)Cc1ccncc1)[C@@H](C)CN([C@H](C)CO)S2(=O)=O. The summed E-state index contributed by atoms with van der Waals surface area (Å²) < 4.78 is 34.9. The van der Waals surface area contributed by atoms with Crippen molar-refractivity contribution in [1.82, 2.24) is 14.2 Å². The van der Waals surface area contributed by atoms with E-state index in [0.717, 1.165) is 30.5 Å². The second-order valence-corrected chi connectivity index (χ2v) is 10.9. The molecule has 1 aliphatic heterocycles. The molecule has 0 aliphatic carbocycles. The Morgan fingerprint density at radius 3 is 2.71 bits per heavy atom. The number of hydrogen-bond acceptors (Lipinski definition) is 6. The van der Waals surface area contributed by atoms with Gasteiger partial charge in [-0.05, 0) is 56.3 Å². The largest absolute Gasteiger partial charge is 0.487 e. The van der Waals surface area contributed by atoms with Crippen LogP contribution >= 0.6 is 0 Å². The number of rotatable bonds is 7. The van der Waals surface area contributed by atoms with Gasteiger partial charge in [0.05, 0.1) is 6.61 Å². The molecule has 34 heavy (non-hydrogen) atoms. The number of sulfonamides is 1. The van der Waals surface area contributed by atoms with E-state index in [1.165, 1.54) is 4.31 Å². The standard InChI is InChI=1S/C26H35N3O4S/c1-5-6-7-8-22-9-10-26-24(15-22)33-25(18-28(4)17-23-11-13-27-14-12-23)20(2)16-29(21(3)19-30)34(26,31)32/h9-15,20-21,25,30H,5-6,16-19H2,1-4H3/t20-,21+,25-/m0/s1. The van der Waals surface area contributed by atoms with Crippen molar-refractivity contribution in [2.24, 2.45) is 5.92 Å². The summed E-state index contributed by atoms with van der Waals surface area (Å²) >= 11 is 0. The van der Waals surface area contributed by atoms with Crippen LogP contribution in [0.15, 0.2) is 47.6 Å². The fraction of sp³-hybridized carbons (Fsp3) is 0.500. The quantitative estimate of drug-likeness (QED) is 0.607. The normalized spacial score (nSPS) is 20.9. The van der Waals surface area contributed by atoms with Crippen LogP contribution in [0.3, 0.4) is 0 Å². The molecule has 1 aromatic carbocycles. The number of unbranched alkanes of at least 4 members (excludes halogenated alkanes) is 1. The number of ether oxygens (including phenoxy) is 1. The first-order valence-corrected chi connectivity index (χ1v) is 13.2. The van der Waals surface area contributed by atoms with Crippen LogP contribution in [0.4, 0.5) is 0 Å². The van der Waals surface area contributed by atoms with Crippen LogP contribution in [-0.4, -0.2) is 66.6 Å². The fourth-order valence-electron chi connectivity index (χ4n) is 3.98. The summed E-state index contributed by atoms with van der Waals surface area (Å²) in [4.78, 5) is 6.35. The molecule has 2 heterocycles. The number of fused-ring (bicyclic) bond motifs is 1. The number of aromatic nitrogens is 1. The summed E-state index contributed by atoms with van der Waals surface area (Å²) in [7, 11) is -1.83. The first-order valence-electron chi connectivity index (χ1n) is 11.8. The van der Waals surface area contributed by atoms with Crippen molar-refractivity contribution in [2.45, 2.75) is 57.2 Å². The van der Waals surface area contributed by atoms with Crippen LogP contribution in [0.5, 0.6) is 5.75 Å². The topological polar surface area (TPSA) is 83.0 Å². The van der Waals surface area contributed by atoms with Crippen LogP contribution < -0.4 is 4.74 Å². The maximum absolute atomic E-state index is 13.5. The molecule has 3 atom stereocenters. The van der Waals surface area contributed by atoms with Gasteiger partial charge in [0.15, 0.2) is 0 Å². The van der Waals surface area contributed by atoms with Crippen molar-refractivity contribution in [1.29, 1.82) is 0 Å². The van der Waals surface area contributed by atoms with Crippen molar-refractivity contribution < 1.29 is 18.3 Å². The molecule has 1 aromatic heterocycles. The Morgan fingerprint density at radius 1 is 1.29 bits per heavy atom. The lowest BCUT2D eigenvalue weighted by atomic mass is 10.0. The zero-order chi connectivity index (χ0) is 24.7. The summed E-state index contributed by atoms with van der Waals surface area (Å²) in [5.74, 6) is 6.43. The molecule has 0 bridgehead atoms. The highest BCUT2D eigenvalue weighted by Crippen LogP contribution is 2.34. The molecule has 3 rings (SSSR count). The zero-order valence-corrected chi connectivity index (χ0v) is 21.3. The van der Waals surface area contributed by atoms with E-state index in [1.54, 1.807) is 37.5 Å². The first kappa shape index (κ1) is 26.2. The average molecular weight is 486 g/mol. The van der Waals surface area contributed by atoms with E-state index in [1.807, 2.05) is 26.1 Å². The van der Waals surface area contributed by atoms with Gasteiger partial charge >= 0.3 is 0 Å². The Morgan fingerprint density at radius 2 is 2.03 bits per heavy atom. The van der Waals surface area contributed by atoms with Crippen LogP contribution in [0.25, 0.3) is 0 Å². The van der Waals surface area contributed by atoms with Crippen LogP contribution in [-0.2, 0) is 16.6 Å². The minimum Gasteiger partial charge on any atom is -0.487 e. The Labute approximate surface area is 203 Å². The van der Waals surface area contributed by atoms with Crippen LogP contribution in [0.1, 0.15) is 44.7 Å². The molecule has 0 radical (unpaired) electrons. The molecule has 0 fully saturated rings. The highest BCUT2D eigenvalue weighted by Gasteiger charge is 2.38. The number of pyridine rings is 1. The second-order valence-electron chi connectivity index (χ2n) is 9.01. The van der Waals surface area contributed by atoms with E-state index in [-0.39, 0.29) is 30.1 Å². The van der Waals surface area contributed by atoms with Gasteiger partial charge in [0.1, 0.15) is 16.7 Å². The summed E-state index contributed by atoms with van der Waals surface area (Å²) in [6, 6.07) is 8.44. The van der Waals surface area contributed by atoms with Gasteiger partial charge in [-0.3, -0.25) is 9.88 Å². The van der Waals surface area contributed by atoms with E-state index < -0.39 is 16.1 Å². The molecule has 0 saturated heterocycles. The molecule has 0 spiro atoms. The maximum atomic E-state index is 13.5. The van der Waals surface area contributed by atoms with Gasteiger partial charge < -0.3 is 9.84 Å². The van der Waals surface area contributed by atoms with Gasteiger partial charge in [-0.1, -0.05) is 25.7 Å². The Hall–Kier alpha value is -2.44. The fourth-order valence-corrected chi connectivity index (χ4v) is 5.81. The van der Waals surface area contributed by atoms with Crippen molar-refractivity contribution in [3.8, 4) is 17.6 Å². The third kappa shape index (κ3) is 6.36. The van der Waals surface area contributed by atoms with Gasteiger partial charge in [-0.25, -0.2) is 8.42 Å². The third-order valence-electron chi connectivity index (χ3n) is 5.97. The molecule has 0 saturated carbocycles. The first-order chi connectivity index (χ1) is 16.3. The zero-order valence-electron chi connectivity index (χ0n) is 20.4. The molecule has 1 aliphatic rings. The Balaban J connectivity index is 1.97. The highest BCUT2D eigenvalue weighted by molar-refractivity contribution is 7.89. The molecule has 8 heteroatoms. The van der Waals surface area contributed by atoms with Gasteiger partial charge in [0, 0.05) is 56.0 Å². The predicted octanol–water partition coefficient (Wildman–Crippen LogP) is 3.13. The van der Waals surface area contributed by atoms with Gasteiger partial charge in [-0.2, -0.15) is 4.31 Å². The lowest BCUT2D eigenvalue weighted by Crippen LogP contribution is -2.49. The second kappa shape index (κ2) is 11.8. The van der Waals surface area contributed by atoms with Gasteiger partial charge in [-0.15, -0.1) is 0 Å². The molecular weight excluding hydrogens is 450 g/mol. The molecule has 184 valence electrons. The van der Waals surface area contributed by atoms with Crippen molar-refractivity contribution in [3.63, 3.8) is 0 Å². The molecule has 2 aromatic rings. The molecular formula is C26H35N3O4S. The maximum Gasteiger partial charge on any atom is 0.247 e. The predicted molar refractivity (Wildman–Crippen MR) is 133 cm³/mol. The summed E-state index contributed by atoms with van der Waals surface area (Å²) in [6.45, 7) is 7.12. The van der Waals surface area contributed by atoms with Crippen LogP contribution in [0.2, 0.25) is 0 Å². The number of aliphatic hydroxyl groups is 1. The van der Waals surface area contributed by atoms with Crippen molar-refractivity contribution >= 4 is 10.0 Å². The minimum absolute atomic E-state index is 0.105. The van der Waals surface area contributed by atoms with E-state index in [4.69, 9.17) is 4.74 Å². The van der Waals surface area contributed by atoms with Gasteiger partial charge in [0.25, 0.3) is 0 Å². The monoisotopic (exact) mass is 485 g/mol. The van der Waals surface area contributed by atoms with E-state index in [9.17, 15) is 13.5 Å². The number of likely N-dealkylation sites (N-methyl/N-ethyl adjacent to an activating group) is 1. The third-order valence-corrected chi connectivity index (χ3v) is 7.99. The lowest BCUT2D eigenvalue weighted by Gasteiger charge is -2.37. The number of benzene rings is 1. The minimum atomic E-state index is -3.85. The molecule has 0 amide bonds. The lowest BCUT2D eigenvalue weighted by molar-refractivity contribution is 0.0733. The molecule has 7 nitrogen and oxygen atoms in total. The smallest absolute Gasteiger partial charge is 0.247 e. The van der Waals surface area contributed by atoms with Crippen molar-refractivity contribution in [3.05, 3.63) is 53.9 Å². The Kier molecular flexibility index (Phi) is 9.09. The number of nitrogens with zero attached hydrogens (tertiary/aromatic N) is 3. The van der Waals surface area contributed by atoms with E-state index in [0.29, 0.717) is 12.3 Å². The van der Waals surface area contributed by atoms with Crippen molar-refractivity contribution in [2.75, 3.05) is 26.7 Å². The van der Waals surface area contributed by atoms with E-state index in [2.05, 4.69) is 28.6 Å². The number of hydrogen-bond donors (Lipinski definition) is 1. The molecule has 0 unspecified atom stereocenters. The summed E-state index contributed by atoms with van der Waals surface area (Å²) in [6.07, 6.45) is 5.02. The van der Waals surface area contributed by atoms with Gasteiger partial charge in [0.2, 0.25) is 10.0 Å². The summed E-state index contributed by atoms with van der Waals surface area (Å²) in [5.41, 5.74) is 1.87. The number of aliphatic hydroxyl groups excluding tert-OH is 1. The Bertz CT molecular complexity index is 1110. The molecule has 1 N–H and O–H groups in total. The average Bonchev–Trinajstić information content (AvgIpc) is 2.81. The highest BCUT2D eigenvalue weighted by atomic mass is 32.2.